The Morgan fingerprint density at radius 2 is 1.86 bits per heavy atom. The van der Waals surface area contributed by atoms with E-state index in [0.717, 1.165) is 0 Å². The van der Waals surface area contributed by atoms with Gasteiger partial charge in [-0.05, 0) is 37.1 Å². The van der Waals surface area contributed by atoms with Crippen LogP contribution in [0.25, 0.3) is 0 Å². The Kier molecular flexibility index (Phi) is 8.46. The first-order chi connectivity index (χ1) is 13.8. The highest BCUT2D eigenvalue weighted by Gasteiger charge is 2.27. The molecule has 0 aromatic heterocycles. The van der Waals surface area contributed by atoms with Crippen LogP contribution in [0.3, 0.4) is 0 Å². The molecule has 2 aromatic carbocycles. The molecule has 5 nitrogen and oxygen atoms in total. The molecule has 0 heterocycles. The summed E-state index contributed by atoms with van der Waals surface area (Å²) < 4.78 is 19.7. The van der Waals surface area contributed by atoms with Crippen LogP contribution in [0.1, 0.15) is 26.3 Å². The first-order valence-corrected chi connectivity index (χ1v) is 9.84. The minimum atomic E-state index is -0.788. The van der Waals surface area contributed by atoms with E-state index in [2.05, 4.69) is 5.32 Å². The first kappa shape index (κ1) is 22.7. The van der Waals surface area contributed by atoms with E-state index in [0.29, 0.717) is 22.9 Å². The molecule has 0 aliphatic heterocycles. The van der Waals surface area contributed by atoms with Crippen LogP contribution >= 0.6 is 11.6 Å². The number of carbonyl (C=O) groups is 2. The van der Waals surface area contributed by atoms with Crippen molar-refractivity contribution in [2.24, 2.45) is 5.92 Å². The molecule has 7 heteroatoms. The predicted octanol–water partition coefficient (Wildman–Crippen LogP) is 4.05. The summed E-state index contributed by atoms with van der Waals surface area (Å²) in [4.78, 5) is 26.7. The van der Waals surface area contributed by atoms with E-state index >= 15 is 0 Å². The molecule has 2 rings (SSSR count). The van der Waals surface area contributed by atoms with E-state index in [9.17, 15) is 14.0 Å². The molecule has 0 saturated carbocycles. The van der Waals surface area contributed by atoms with Gasteiger partial charge < -0.3 is 15.0 Å². The summed E-state index contributed by atoms with van der Waals surface area (Å²) in [7, 11) is 0. The van der Waals surface area contributed by atoms with Crippen LogP contribution in [0, 0.1) is 11.7 Å². The lowest BCUT2D eigenvalue weighted by atomic mass is 10.1. The fraction of sp³-hybridized carbons (Fsp3) is 0.364. The van der Waals surface area contributed by atoms with Gasteiger partial charge in [0.1, 0.15) is 17.6 Å². The van der Waals surface area contributed by atoms with Crippen molar-refractivity contribution >= 4 is 23.4 Å². The van der Waals surface area contributed by atoms with Crippen LogP contribution in [0.15, 0.2) is 48.5 Å². The summed E-state index contributed by atoms with van der Waals surface area (Å²) in [6, 6.07) is 12.1. The highest BCUT2D eigenvalue weighted by Crippen LogP contribution is 2.18. The van der Waals surface area contributed by atoms with E-state index < -0.39 is 17.8 Å². The number of rotatable bonds is 9. The smallest absolute Gasteiger partial charge is 0.261 e. The van der Waals surface area contributed by atoms with E-state index in [4.69, 9.17) is 16.3 Å². The van der Waals surface area contributed by atoms with Gasteiger partial charge in [-0.3, -0.25) is 9.59 Å². The maximum Gasteiger partial charge on any atom is 0.261 e. The summed E-state index contributed by atoms with van der Waals surface area (Å²) in [6.45, 7) is 5.73. The monoisotopic (exact) mass is 420 g/mol. The van der Waals surface area contributed by atoms with Gasteiger partial charge in [-0.15, -0.1) is 0 Å². The second-order valence-corrected chi connectivity index (χ2v) is 7.61. The van der Waals surface area contributed by atoms with Gasteiger partial charge in [0.05, 0.1) is 0 Å². The lowest BCUT2D eigenvalue weighted by Crippen LogP contribution is -2.49. The maximum absolute atomic E-state index is 14.1. The number of ether oxygens (including phenoxy) is 1. The van der Waals surface area contributed by atoms with Crippen LogP contribution in [-0.2, 0) is 16.1 Å². The van der Waals surface area contributed by atoms with E-state index in [1.807, 2.05) is 13.8 Å². The predicted molar refractivity (Wildman–Crippen MR) is 111 cm³/mol. The molecular weight excluding hydrogens is 395 g/mol. The van der Waals surface area contributed by atoms with Gasteiger partial charge >= 0.3 is 0 Å². The Morgan fingerprint density at radius 1 is 1.14 bits per heavy atom. The molecule has 0 spiro atoms. The molecule has 0 aliphatic rings. The van der Waals surface area contributed by atoms with Crippen molar-refractivity contribution in [2.45, 2.75) is 33.4 Å². The number of nitrogens with one attached hydrogen (secondary N) is 1. The number of benzene rings is 2. The molecule has 0 bridgehead atoms. The number of hydrogen-bond acceptors (Lipinski definition) is 3. The molecule has 2 amide bonds. The molecule has 0 unspecified atom stereocenters. The molecule has 156 valence electrons. The van der Waals surface area contributed by atoms with Crippen LogP contribution in [0.5, 0.6) is 5.75 Å². The molecule has 1 N–H and O–H groups in total. The molecule has 0 fully saturated rings. The van der Waals surface area contributed by atoms with Crippen LogP contribution < -0.4 is 10.1 Å². The number of amides is 2. The lowest BCUT2D eigenvalue weighted by Gasteiger charge is -2.29. The molecular formula is C22H26ClFN2O3. The SMILES string of the molecule is CC(C)CNC(=O)[C@H](C)N(Cc1ccccc1F)C(=O)COc1cccc(Cl)c1. The molecule has 0 radical (unpaired) electrons. The normalized spacial score (nSPS) is 11.8. The standard InChI is InChI=1S/C22H26ClFN2O3/c1-15(2)12-25-22(28)16(3)26(13-17-7-4-5-10-20(17)24)21(27)14-29-19-9-6-8-18(23)11-19/h4-11,15-16H,12-14H2,1-3H3,(H,25,28)/t16-/m0/s1. The number of nitrogens with zero attached hydrogens (tertiary/aromatic N) is 1. The summed E-state index contributed by atoms with van der Waals surface area (Å²) in [5.74, 6) is -0.455. The zero-order valence-electron chi connectivity index (χ0n) is 16.8. The van der Waals surface area contributed by atoms with Gasteiger partial charge in [-0.25, -0.2) is 4.39 Å². The van der Waals surface area contributed by atoms with Gasteiger partial charge in [0.25, 0.3) is 5.91 Å². The molecule has 0 saturated heterocycles. The largest absolute Gasteiger partial charge is 0.484 e. The minimum absolute atomic E-state index is 0.0410. The van der Waals surface area contributed by atoms with Crippen molar-refractivity contribution in [3.05, 3.63) is 64.9 Å². The highest BCUT2D eigenvalue weighted by molar-refractivity contribution is 6.30. The Bertz CT molecular complexity index is 844. The van der Waals surface area contributed by atoms with Crippen molar-refractivity contribution in [3.63, 3.8) is 0 Å². The lowest BCUT2D eigenvalue weighted by molar-refractivity contribution is -0.142. The van der Waals surface area contributed by atoms with Gasteiger partial charge in [0.2, 0.25) is 5.91 Å². The Hall–Kier alpha value is -2.60. The minimum Gasteiger partial charge on any atom is -0.484 e. The van der Waals surface area contributed by atoms with E-state index in [1.165, 1.54) is 11.0 Å². The number of hydrogen-bond donors (Lipinski definition) is 1. The summed E-state index contributed by atoms with van der Waals surface area (Å²) in [5, 5.41) is 3.30. The average Bonchev–Trinajstić information content (AvgIpc) is 2.69. The molecule has 2 aromatic rings. The number of carbonyl (C=O) groups excluding carboxylic acids is 2. The fourth-order valence-corrected chi connectivity index (χ4v) is 2.81. The molecule has 0 aliphatic carbocycles. The topological polar surface area (TPSA) is 58.6 Å². The van der Waals surface area contributed by atoms with Gasteiger partial charge in [-0.2, -0.15) is 0 Å². The fourth-order valence-electron chi connectivity index (χ4n) is 2.63. The van der Waals surface area contributed by atoms with E-state index in [1.54, 1.807) is 49.4 Å². The van der Waals surface area contributed by atoms with Crippen molar-refractivity contribution in [2.75, 3.05) is 13.2 Å². The zero-order chi connectivity index (χ0) is 21.4. The quantitative estimate of drug-likeness (QED) is 0.665. The number of halogens is 2. The Morgan fingerprint density at radius 3 is 2.52 bits per heavy atom. The Balaban J connectivity index is 2.14. The van der Waals surface area contributed by atoms with E-state index in [-0.39, 0.29) is 25.0 Å². The third kappa shape index (κ3) is 7.06. The summed E-state index contributed by atoms with van der Waals surface area (Å²) in [5.41, 5.74) is 0.326. The third-order valence-corrected chi connectivity index (χ3v) is 4.54. The third-order valence-electron chi connectivity index (χ3n) is 4.31. The molecule has 1 atom stereocenters. The van der Waals surface area contributed by atoms with Crippen molar-refractivity contribution < 1.29 is 18.7 Å². The second kappa shape index (κ2) is 10.8. The van der Waals surface area contributed by atoms with Crippen molar-refractivity contribution in [1.29, 1.82) is 0 Å². The zero-order valence-corrected chi connectivity index (χ0v) is 17.6. The van der Waals surface area contributed by atoms with Gasteiger partial charge in [0, 0.05) is 23.7 Å². The highest BCUT2D eigenvalue weighted by atomic mass is 35.5. The summed E-state index contributed by atoms with van der Waals surface area (Å²) >= 11 is 5.93. The summed E-state index contributed by atoms with van der Waals surface area (Å²) in [6.07, 6.45) is 0. The second-order valence-electron chi connectivity index (χ2n) is 7.17. The average molecular weight is 421 g/mol. The van der Waals surface area contributed by atoms with Gasteiger partial charge in [0.15, 0.2) is 6.61 Å². The van der Waals surface area contributed by atoms with Crippen LogP contribution in [-0.4, -0.2) is 35.9 Å². The van der Waals surface area contributed by atoms with Crippen LogP contribution in [0.2, 0.25) is 5.02 Å². The van der Waals surface area contributed by atoms with Gasteiger partial charge in [-0.1, -0.05) is 49.7 Å². The molecule has 29 heavy (non-hydrogen) atoms. The van der Waals surface area contributed by atoms with Crippen LogP contribution in [0.4, 0.5) is 4.39 Å². The van der Waals surface area contributed by atoms with Crippen molar-refractivity contribution in [1.82, 2.24) is 10.2 Å². The van der Waals surface area contributed by atoms with Crippen molar-refractivity contribution in [3.8, 4) is 5.75 Å². The first-order valence-electron chi connectivity index (χ1n) is 9.47. The Labute approximate surface area is 175 Å². The maximum atomic E-state index is 14.1.